The zero-order valence-corrected chi connectivity index (χ0v) is 11.4. The third-order valence-electron chi connectivity index (χ3n) is 3.19. The van der Waals surface area contributed by atoms with Gasteiger partial charge in [-0.05, 0) is 31.5 Å². The summed E-state index contributed by atoms with van der Waals surface area (Å²) in [6.07, 6.45) is 0.564. The molecule has 2 rings (SSSR count). The molecule has 0 aliphatic heterocycles. The first-order chi connectivity index (χ1) is 9.56. The van der Waals surface area contributed by atoms with Gasteiger partial charge in [-0.2, -0.15) is 5.26 Å². The van der Waals surface area contributed by atoms with Crippen LogP contribution in [0.3, 0.4) is 0 Å². The van der Waals surface area contributed by atoms with Gasteiger partial charge < -0.3 is 4.98 Å². The molecule has 0 saturated heterocycles. The molecule has 0 radical (unpaired) electrons. The van der Waals surface area contributed by atoms with Crippen molar-refractivity contribution in [2.45, 2.75) is 20.3 Å². The van der Waals surface area contributed by atoms with E-state index in [2.05, 4.69) is 4.98 Å². The van der Waals surface area contributed by atoms with Crippen molar-refractivity contribution in [1.29, 1.82) is 5.26 Å². The number of nitrogens with zero attached hydrogens (tertiary/aromatic N) is 1. The fourth-order valence-corrected chi connectivity index (χ4v) is 2.05. The Morgan fingerprint density at radius 2 is 2.10 bits per heavy atom. The van der Waals surface area contributed by atoms with E-state index in [0.29, 0.717) is 34.4 Å². The maximum atomic E-state index is 12.5. The van der Waals surface area contributed by atoms with Gasteiger partial charge in [0.25, 0.3) is 5.56 Å². The topological polar surface area (TPSA) is 73.7 Å². The van der Waals surface area contributed by atoms with Gasteiger partial charge in [0, 0.05) is 22.4 Å². The van der Waals surface area contributed by atoms with E-state index < -0.39 is 0 Å². The molecule has 4 nitrogen and oxygen atoms in total. The van der Waals surface area contributed by atoms with Crippen molar-refractivity contribution in [2.75, 3.05) is 0 Å². The SMILES string of the molecule is CCc1cc(C(=O)c2cccc(C#N)c2)c(C)[nH]c1=O. The van der Waals surface area contributed by atoms with Crippen LogP contribution in [0.25, 0.3) is 0 Å². The van der Waals surface area contributed by atoms with E-state index in [1.807, 2.05) is 13.0 Å². The van der Waals surface area contributed by atoms with Crippen LogP contribution in [0.15, 0.2) is 35.1 Å². The fraction of sp³-hybridized carbons (Fsp3) is 0.188. The standard InChI is InChI=1S/C16H14N2O2/c1-3-12-8-14(10(2)18-16(12)20)15(19)13-6-4-5-11(7-13)9-17/h4-8H,3H2,1-2H3,(H,18,20). The highest BCUT2D eigenvalue weighted by Gasteiger charge is 2.14. The van der Waals surface area contributed by atoms with Crippen LogP contribution >= 0.6 is 0 Å². The average molecular weight is 266 g/mol. The number of pyridine rings is 1. The van der Waals surface area contributed by atoms with Gasteiger partial charge in [0.05, 0.1) is 11.6 Å². The van der Waals surface area contributed by atoms with Crippen molar-refractivity contribution in [3.8, 4) is 6.07 Å². The zero-order chi connectivity index (χ0) is 14.7. The number of carbonyl (C=O) groups excluding carboxylic acids is 1. The van der Waals surface area contributed by atoms with Gasteiger partial charge in [0.2, 0.25) is 0 Å². The lowest BCUT2D eigenvalue weighted by molar-refractivity contribution is 0.103. The van der Waals surface area contributed by atoms with Crippen molar-refractivity contribution in [3.63, 3.8) is 0 Å². The van der Waals surface area contributed by atoms with Crippen LogP contribution in [0.2, 0.25) is 0 Å². The quantitative estimate of drug-likeness (QED) is 0.866. The maximum absolute atomic E-state index is 12.5. The number of hydrogen-bond acceptors (Lipinski definition) is 3. The molecule has 0 unspecified atom stereocenters. The van der Waals surface area contributed by atoms with Crippen molar-refractivity contribution in [3.05, 3.63) is 68.6 Å². The van der Waals surface area contributed by atoms with Crippen LogP contribution in [0.5, 0.6) is 0 Å². The highest BCUT2D eigenvalue weighted by molar-refractivity contribution is 6.09. The molecule has 0 spiro atoms. The van der Waals surface area contributed by atoms with Gasteiger partial charge >= 0.3 is 0 Å². The summed E-state index contributed by atoms with van der Waals surface area (Å²) in [5.41, 5.74) is 2.31. The van der Waals surface area contributed by atoms with E-state index in [0.717, 1.165) is 0 Å². The maximum Gasteiger partial charge on any atom is 0.251 e. The molecular formula is C16H14N2O2. The van der Waals surface area contributed by atoms with E-state index in [-0.39, 0.29) is 11.3 Å². The summed E-state index contributed by atoms with van der Waals surface area (Å²) in [5.74, 6) is -0.189. The molecule has 2 aromatic rings. The second kappa shape index (κ2) is 5.54. The molecule has 0 bridgehead atoms. The Hall–Kier alpha value is -2.67. The lowest BCUT2D eigenvalue weighted by Gasteiger charge is -2.07. The Morgan fingerprint density at radius 1 is 1.35 bits per heavy atom. The smallest absolute Gasteiger partial charge is 0.251 e. The Bertz CT molecular complexity index is 767. The third kappa shape index (κ3) is 2.52. The highest BCUT2D eigenvalue weighted by atomic mass is 16.1. The first-order valence-electron chi connectivity index (χ1n) is 6.34. The number of aromatic nitrogens is 1. The molecule has 20 heavy (non-hydrogen) atoms. The number of hydrogen-bond donors (Lipinski definition) is 1. The molecular weight excluding hydrogens is 252 g/mol. The molecule has 0 fully saturated rings. The molecule has 0 amide bonds. The van der Waals surface area contributed by atoms with Gasteiger partial charge in [-0.15, -0.1) is 0 Å². The highest BCUT2D eigenvalue weighted by Crippen LogP contribution is 2.14. The second-order valence-electron chi connectivity index (χ2n) is 4.54. The van der Waals surface area contributed by atoms with Gasteiger partial charge in [0.15, 0.2) is 5.78 Å². The first-order valence-corrected chi connectivity index (χ1v) is 6.34. The average Bonchev–Trinajstić information content (AvgIpc) is 2.47. The molecule has 1 aromatic heterocycles. The van der Waals surface area contributed by atoms with E-state index in [9.17, 15) is 9.59 Å². The van der Waals surface area contributed by atoms with Gasteiger partial charge in [0.1, 0.15) is 0 Å². The molecule has 1 heterocycles. The number of H-pyrrole nitrogens is 1. The van der Waals surface area contributed by atoms with Crippen molar-refractivity contribution < 1.29 is 4.79 Å². The number of nitrogens with one attached hydrogen (secondary N) is 1. The molecule has 0 aliphatic rings. The molecule has 0 aliphatic carbocycles. The van der Waals surface area contributed by atoms with Gasteiger partial charge in [-0.1, -0.05) is 19.1 Å². The van der Waals surface area contributed by atoms with Crippen LogP contribution in [0.4, 0.5) is 0 Å². The minimum absolute atomic E-state index is 0.160. The molecule has 1 N–H and O–H groups in total. The van der Waals surface area contributed by atoms with Crippen LogP contribution in [-0.4, -0.2) is 10.8 Å². The summed E-state index contributed by atoms with van der Waals surface area (Å²) in [5, 5.41) is 8.88. The van der Waals surface area contributed by atoms with Crippen LogP contribution in [-0.2, 0) is 6.42 Å². The molecule has 4 heteroatoms. The third-order valence-corrected chi connectivity index (χ3v) is 3.19. The van der Waals surface area contributed by atoms with E-state index in [1.165, 1.54) is 0 Å². The number of aryl methyl sites for hydroxylation is 2. The van der Waals surface area contributed by atoms with Gasteiger partial charge in [-0.25, -0.2) is 0 Å². The minimum Gasteiger partial charge on any atom is -0.326 e. The Labute approximate surface area is 116 Å². The number of nitriles is 1. The summed E-state index contributed by atoms with van der Waals surface area (Å²) >= 11 is 0. The number of ketones is 1. The summed E-state index contributed by atoms with van der Waals surface area (Å²) in [6.45, 7) is 3.56. The molecule has 0 atom stereocenters. The second-order valence-corrected chi connectivity index (χ2v) is 4.54. The van der Waals surface area contributed by atoms with E-state index in [1.54, 1.807) is 37.3 Å². The summed E-state index contributed by atoms with van der Waals surface area (Å²) in [6, 6.07) is 10.2. The van der Waals surface area contributed by atoms with Crippen molar-refractivity contribution in [1.82, 2.24) is 4.98 Å². The van der Waals surface area contributed by atoms with E-state index in [4.69, 9.17) is 5.26 Å². The number of rotatable bonds is 3. The number of benzene rings is 1. The summed E-state index contributed by atoms with van der Waals surface area (Å²) < 4.78 is 0. The zero-order valence-electron chi connectivity index (χ0n) is 11.4. The first kappa shape index (κ1) is 13.8. The molecule has 100 valence electrons. The largest absolute Gasteiger partial charge is 0.326 e. The monoisotopic (exact) mass is 266 g/mol. The molecule has 1 aromatic carbocycles. The fourth-order valence-electron chi connectivity index (χ4n) is 2.05. The van der Waals surface area contributed by atoms with E-state index >= 15 is 0 Å². The number of carbonyl (C=O) groups is 1. The lowest BCUT2D eigenvalue weighted by Crippen LogP contribution is -2.17. The van der Waals surface area contributed by atoms with Crippen molar-refractivity contribution >= 4 is 5.78 Å². The normalized spacial score (nSPS) is 10.1. The summed E-state index contributed by atoms with van der Waals surface area (Å²) in [4.78, 5) is 26.9. The Morgan fingerprint density at radius 3 is 2.75 bits per heavy atom. The minimum atomic E-state index is -0.189. The van der Waals surface area contributed by atoms with Crippen LogP contribution in [0.1, 0.15) is 39.7 Å². The predicted molar refractivity (Wildman–Crippen MR) is 75.8 cm³/mol. The number of aromatic amines is 1. The van der Waals surface area contributed by atoms with Gasteiger partial charge in [-0.3, -0.25) is 9.59 Å². The molecule has 0 saturated carbocycles. The van der Waals surface area contributed by atoms with Crippen LogP contribution in [0, 0.1) is 18.3 Å². The van der Waals surface area contributed by atoms with Crippen LogP contribution < -0.4 is 5.56 Å². The Balaban J connectivity index is 2.53. The lowest BCUT2D eigenvalue weighted by atomic mass is 9.99. The Kier molecular flexibility index (Phi) is 3.81. The predicted octanol–water partition coefficient (Wildman–Crippen LogP) is 2.35. The van der Waals surface area contributed by atoms with Crippen molar-refractivity contribution in [2.24, 2.45) is 0 Å². The summed E-state index contributed by atoms with van der Waals surface area (Å²) in [7, 11) is 0.